The first-order valence-corrected chi connectivity index (χ1v) is 9.08. The first-order valence-electron chi connectivity index (χ1n) is 8.29. The van der Waals surface area contributed by atoms with Gasteiger partial charge in [-0.2, -0.15) is 0 Å². The second-order valence-electron chi connectivity index (χ2n) is 5.96. The average molecular weight is 442 g/mol. The zero-order chi connectivity index (χ0) is 20.1. The third-order valence-electron chi connectivity index (χ3n) is 3.82. The van der Waals surface area contributed by atoms with Crippen LogP contribution in [0.5, 0.6) is 17.2 Å². The monoisotopic (exact) mass is 441 g/mol. The van der Waals surface area contributed by atoms with E-state index in [9.17, 15) is 14.7 Å². The third kappa shape index (κ3) is 5.11. The highest BCUT2D eigenvalue weighted by Crippen LogP contribution is 2.31. The number of hydrogen-bond donors (Lipinski definition) is 3. The van der Waals surface area contributed by atoms with Crippen LogP contribution in [-0.2, 0) is 11.2 Å². The molecule has 3 aromatic rings. The van der Waals surface area contributed by atoms with Gasteiger partial charge in [0.15, 0.2) is 0 Å². The Morgan fingerprint density at radius 2 is 1.64 bits per heavy atom. The molecule has 6 nitrogen and oxygen atoms in total. The van der Waals surface area contributed by atoms with Crippen LogP contribution in [-0.4, -0.2) is 22.1 Å². The summed E-state index contributed by atoms with van der Waals surface area (Å²) in [4.78, 5) is 23.0. The fraction of sp³-hybridized carbons (Fsp3) is 0.0476. The van der Waals surface area contributed by atoms with Crippen molar-refractivity contribution < 1.29 is 24.5 Å². The Balaban J connectivity index is 1.65. The Kier molecular flexibility index (Phi) is 5.96. The molecule has 3 N–H and O–H groups in total. The van der Waals surface area contributed by atoms with Gasteiger partial charge in [-0.1, -0.05) is 6.07 Å². The molecule has 0 saturated carbocycles. The summed E-state index contributed by atoms with van der Waals surface area (Å²) in [6.07, 6.45) is -0.0612. The number of aliphatic carboxylic acids is 1. The van der Waals surface area contributed by atoms with Crippen LogP contribution in [0.15, 0.2) is 71.2 Å². The van der Waals surface area contributed by atoms with E-state index in [4.69, 9.17) is 9.84 Å². The molecule has 0 atom stereocenters. The van der Waals surface area contributed by atoms with Crippen molar-refractivity contribution in [2.24, 2.45) is 0 Å². The first-order chi connectivity index (χ1) is 13.4. The van der Waals surface area contributed by atoms with E-state index in [2.05, 4.69) is 21.2 Å². The van der Waals surface area contributed by atoms with Crippen molar-refractivity contribution in [3.8, 4) is 17.2 Å². The van der Waals surface area contributed by atoms with Crippen molar-refractivity contribution in [3.63, 3.8) is 0 Å². The number of phenols is 1. The summed E-state index contributed by atoms with van der Waals surface area (Å²) in [5, 5.41) is 20.9. The summed E-state index contributed by atoms with van der Waals surface area (Å²) in [6, 6.07) is 17.9. The van der Waals surface area contributed by atoms with E-state index in [1.54, 1.807) is 42.5 Å². The molecule has 0 aliphatic heterocycles. The van der Waals surface area contributed by atoms with Crippen molar-refractivity contribution in [1.29, 1.82) is 0 Å². The molecule has 28 heavy (non-hydrogen) atoms. The summed E-state index contributed by atoms with van der Waals surface area (Å²) < 4.78 is 6.44. The lowest BCUT2D eigenvalue weighted by atomic mass is 10.1. The van der Waals surface area contributed by atoms with Crippen molar-refractivity contribution in [1.82, 2.24) is 0 Å². The fourth-order valence-corrected chi connectivity index (χ4v) is 2.97. The van der Waals surface area contributed by atoms with Gasteiger partial charge >= 0.3 is 5.97 Å². The number of benzene rings is 3. The highest BCUT2D eigenvalue weighted by Gasteiger charge is 2.09. The van der Waals surface area contributed by atoms with Crippen molar-refractivity contribution in [3.05, 3.63) is 82.3 Å². The van der Waals surface area contributed by atoms with E-state index in [0.29, 0.717) is 32.8 Å². The molecule has 0 heterocycles. The number of halogens is 1. The van der Waals surface area contributed by atoms with Crippen LogP contribution in [0.4, 0.5) is 5.69 Å². The van der Waals surface area contributed by atoms with Gasteiger partial charge in [-0.15, -0.1) is 0 Å². The Morgan fingerprint density at radius 3 is 2.25 bits per heavy atom. The zero-order valence-electron chi connectivity index (χ0n) is 14.6. The number of carboxylic acid groups (broad SMARTS) is 1. The van der Waals surface area contributed by atoms with Crippen LogP contribution in [0.25, 0.3) is 0 Å². The van der Waals surface area contributed by atoms with E-state index < -0.39 is 5.97 Å². The molecule has 0 spiro atoms. The van der Waals surface area contributed by atoms with Crippen molar-refractivity contribution in [2.45, 2.75) is 6.42 Å². The number of nitrogens with one attached hydrogen (secondary N) is 1. The third-order valence-corrected chi connectivity index (χ3v) is 4.44. The SMILES string of the molecule is O=C(O)Cc1ccc(Oc2ccc(NC(=O)c3ccc(O)cc3)cc2)c(Br)c1. The van der Waals surface area contributed by atoms with Gasteiger partial charge < -0.3 is 20.3 Å². The number of carboxylic acids is 1. The Bertz CT molecular complexity index is 1000. The van der Waals surface area contributed by atoms with Gasteiger partial charge in [0.25, 0.3) is 5.91 Å². The lowest BCUT2D eigenvalue weighted by molar-refractivity contribution is -0.136. The van der Waals surface area contributed by atoms with Crippen LogP contribution in [0, 0.1) is 0 Å². The fourth-order valence-electron chi connectivity index (χ4n) is 2.46. The number of amides is 1. The Labute approximate surface area is 169 Å². The van der Waals surface area contributed by atoms with E-state index in [1.807, 2.05) is 0 Å². The van der Waals surface area contributed by atoms with Gasteiger partial charge in [0.2, 0.25) is 0 Å². The maximum Gasteiger partial charge on any atom is 0.307 e. The van der Waals surface area contributed by atoms with E-state index in [-0.39, 0.29) is 18.1 Å². The topological polar surface area (TPSA) is 95.9 Å². The van der Waals surface area contributed by atoms with Gasteiger partial charge in [0, 0.05) is 11.3 Å². The van der Waals surface area contributed by atoms with Crippen LogP contribution < -0.4 is 10.1 Å². The molecule has 142 valence electrons. The minimum atomic E-state index is -0.898. The number of phenolic OH excluding ortho intramolecular Hbond substituents is 1. The minimum Gasteiger partial charge on any atom is -0.508 e. The van der Waals surface area contributed by atoms with Gasteiger partial charge in [-0.05, 0) is 82.2 Å². The summed E-state index contributed by atoms with van der Waals surface area (Å²) in [7, 11) is 0. The lowest BCUT2D eigenvalue weighted by Gasteiger charge is -2.10. The minimum absolute atomic E-state index is 0.0612. The Morgan fingerprint density at radius 1 is 0.964 bits per heavy atom. The average Bonchev–Trinajstić information content (AvgIpc) is 2.65. The van der Waals surface area contributed by atoms with Gasteiger partial charge in [-0.25, -0.2) is 0 Å². The molecule has 0 aromatic heterocycles. The number of carbonyl (C=O) groups is 2. The second kappa shape index (κ2) is 8.58. The smallest absolute Gasteiger partial charge is 0.307 e. The molecule has 3 aromatic carbocycles. The predicted molar refractivity (Wildman–Crippen MR) is 108 cm³/mol. The van der Waals surface area contributed by atoms with E-state index >= 15 is 0 Å². The summed E-state index contributed by atoms with van der Waals surface area (Å²) in [6.45, 7) is 0. The number of anilines is 1. The van der Waals surface area contributed by atoms with Crippen LogP contribution >= 0.6 is 15.9 Å². The Hall–Kier alpha value is -3.32. The molecule has 0 aliphatic carbocycles. The number of rotatable bonds is 6. The van der Waals surface area contributed by atoms with E-state index in [0.717, 1.165) is 0 Å². The quantitative estimate of drug-likeness (QED) is 0.509. The number of hydrogen-bond acceptors (Lipinski definition) is 4. The van der Waals surface area contributed by atoms with Crippen LogP contribution in [0.2, 0.25) is 0 Å². The number of ether oxygens (including phenoxy) is 1. The molecular weight excluding hydrogens is 426 g/mol. The molecule has 1 amide bonds. The normalized spacial score (nSPS) is 10.3. The molecule has 0 saturated heterocycles. The maximum absolute atomic E-state index is 12.2. The highest BCUT2D eigenvalue weighted by atomic mass is 79.9. The molecular formula is C21H16BrNO5. The molecule has 7 heteroatoms. The maximum atomic E-state index is 12.2. The highest BCUT2D eigenvalue weighted by molar-refractivity contribution is 9.10. The van der Waals surface area contributed by atoms with Gasteiger partial charge in [0.1, 0.15) is 17.2 Å². The zero-order valence-corrected chi connectivity index (χ0v) is 16.1. The molecule has 0 fully saturated rings. The standard InChI is InChI=1S/C21H16BrNO5/c22-18-11-13(12-20(25)26)1-10-19(18)28-17-8-4-15(5-9-17)23-21(27)14-2-6-16(24)7-3-14/h1-11,24H,12H2,(H,23,27)(H,25,26). The van der Waals surface area contributed by atoms with Gasteiger partial charge in [-0.3, -0.25) is 9.59 Å². The largest absolute Gasteiger partial charge is 0.508 e. The molecule has 0 radical (unpaired) electrons. The second-order valence-corrected chi connectivity index (χ2v) is 6.82. The van der Waals surface area contributed by atoms with Crippen LogP contribution in [0.3, 0.4) is 0 Å². The van der Waals surface area contributed by atoms with Gasteiger partial charge in [0.05, 0.1) is 10.9 Å². The molecule has 3 rings (SSSR count). The number of carbonyl (C=O) groups excluding carboxylic acids is 1. The summed E-state index contributed by atoms with van der Waals surface area (Å²) >= 11 is 3.38. The van der Waals surface area contributed by atoms with Crippen LogP contribution in [0.1, 0.15) is 15.9 Å². The number of aromatic hydroxyl groups is 1. The molecule has 0 unspecified atom stereocenters. The summed E-state index contributed by atoms with van der Waals surface area (Å²) in [5.74, 6) is 0.0282. The summed E-state index contributed by atoms with van der Waals surface area (Å²) in [5.41, 5.74) is 1.70. The van der Waals surface area contributed by atoms with E-state index in [1.165, 1.54) is 24.3 Å². The van der Waals surface area contributed by atoms with Crippen molar-refractivity contribution >= 4 is 33.5 Å². The molecule has 0 aliphatic rings. The predicted octanol–water partition coefficient (Wildman–Crippen LogP) is 4.83. The van der Waals surface area contributed by atoms with Crippen molar-refractivity contribution in [2.75, 3.05) is 5.32 Å². The molecule has 0 bridgehead atoms. The first kappa shape index (κ1) is 19.4. The lowest BCUT2D eigenvalue weighted by Crippen LogP contribution is -2.11.